The van der Waals surface area contributed by atoms with Crippen molar-refractivity contribution in [3.63, 3.8) is 0 Å². The maximum absolute atomic E-state index is 5.70. The summed E-state index contributed by atoms with van der Waals surface area (Å²) in [5.74, 6) is 0.601. The van der Waals surface area contributed by atoms with E-state index in [2.05, 4.69) is 60.7 Å². The quantitative estimate of drug-likeness (QED) is 0.861. The molecular weight excluding hydrogens is 297 g/mol. The van der Waals surface area contributed by atoms with E-state index in [1.807, 2.05) is 12.5 Å². The van der Waals surface area contributed by atoms with Gasteiger partial charge in [0.15, 0.2) is 0 Å². The summed E-state index contributed by atoms with van der Waals surface area (Å²) in [7, 11) is 0. The molecule has 2 N–H and O–H groups in total. The van der Waals surface area contributed by atoms with Crippen molar-refractivity contribution in [1.29, 1.82) is 0 Å². The molecule has 1 heterocycles. The first kappa shape index (κ1) is 14.2. The summed E-state index contributed by atoms with van der Waals surface area (Å²) in [6, 6.07) is 10.8. The van der Waals surface area contributed by atoms with E-state index < -0.39 is 0 Å². The molecule has 4 heteroatoms. The summed E-state index contributed by atoms with van der Waals surface area (Å²) in [5.41, 5.74) is 7.27. The van der Waals surface area contributed by atoms with E-state index in [0.717, 1.165) is 0 Å². The summed E-state index contributed by atoms with van der Waals surface area (Å²) in [5, 5.41) is 1.22. The number of hydrogen-bond acceptors (Lipinski definition) is 2. The molecule has 0 aliphatic carbocycles. The number of rotatable bonds is 5. The Labute approximate surface area is 121 Å². The Balaban J connectivity index is 1.98. The first-order valence-corrected chi connectivity index (χ1v) is 9.27. The summed E-state index contributed by atoms with van der Waals surface area (Å²) in [6.45, 7) is 6.86. The minimum absolute atomic E-state index is 0.0569. The van der Waals surface area contributed by atoms with E-state index in [4.69, 9.17) is 5.73 Å². The van der Waals surface area contributed by atoms with Gasteiger partial charge >= 0.3 is 121 Å². The molecule has 0 bridgehead atoms. The van der Waals surface area contributed by atoms with Crippen LogP contribution in [0.25, 0.3) is 0 Å². The van der Waals surface area contributed by atoms with Gasteiger partial charge in [-0.3, -0.25) is 0 Å². The van der Waals surface area contributed by atoms with Gasteiger partial charge in [0.1, 0.15) is 0 Å². The van der Waals surface area contributed by atoms with E-state index in [1.165, 1.54) is 10.8 Å². The van der Waals surface area contributed by atoms with Crippen LogP contribution < -0.4 is 5.73 Å². The Morgan fingerprint density at radius 3 is 2.58 bits per heavy atom. The average Bonchev–Trinajstić information content (AvgIpc) is 2.85. The zero-order chi connectivity index (χ0) is 13.9. The van der Waals surface area contributed by atoms with Crippen LogP contribution in [0.2, 0.25) is 5.21 Å². The molecule has 2 rings (SSSR count). The van der Waals surface area contributed by atoms with Crippen molar-refractivity contribution in [1.82, 2.24) is 9.55 Å². The Morgan fingerprint density at radius 1 is 1.32 bits per heavy atom. The normalized spacial score (nSPS) is 14.1. The molecule has 0 amide bonds. The fraction of sp³-hybridized carbons (Fsp3) is 0.400. The van der Waals surface area contributed by atoms with Gasteiger partial charge in [-0.1, -0.05) is 0 Å². The van der Waals surface area contributed by atoms with E-state index in [1.54, 1.807) is 0 Å². The summed E-state index contributed by atoms with van der Waals surface area (Å²) in [4.78, 5) is 4.12. The van der Waals surface area contributed by atoms with Crippen LogP contribution in [-0.2, 0) is 5.54 Å². The van der Waals surface area contributed by atoms with Crippen LogP contribution in [0.5, 0.6) is 0 Å². The van der Waals surface area contributed by atoms with Crippen molar-refractivity contribution in [3.8, 4) is 0 Å². The molecule has 0 aliphatic heterocycles. The van der Waals surface area contributed by atoms with Crippen LogP contribution in [0.3, 0.4) is 0 Å². The number of hydrogen-bond donors (Lipinski definition) is 1. The third-order valence-corrected chi connectivity index (χ3v) is 7.67. The standard InChI is InChI=1S/C15H22AsN3/c1-12(13-7-5-4-6-8-13)16-10-15(2,3)19-9-14(17)18-11-19/h4-9,11-12,16H,10,17H2,1-3H3. The Morgan fingerprint density at radius 2 is 2.00 bits per heavy atom. The fourth-order valence-electron chi connectivity index (χ4n) is 2.02. The number of nitrogens with zero attached hydrogens (tertiary/aromatic N) is 2. The van der Waals surface area contributed by atoms with Crippen molar-refractivity contribution < 1.29 is 0 Å². The van der Waals surface area contributed by atoms with Crippen LogP contribution in [0.15, 0.2) is 42.9 Å². The van der Waals surface area contributed by atoms with Crippen molar-refractivity contribution in [2.24, 2.45) is 0 Å². The molecule has 1 aromatic heterocycles. The minimum atomic E-state index is -0.0569. The van der Waals surface area contributed by atoms with Crippen molar-refractivity contribution in [3.05, 3.63) is 48.4 Å². The molecule has 0 fully saturated rings. The third-order valence-electron chi connectivity index (χ3n) is 3.44. The first-order valence-electron chi connectivity index (χ1n) is 6.57. The zero-order valence-electron chi connectivity index (χ0n) is 11.8. The summed E-state index contributed by atoms with van der Waals surface area (Å²) in [6.07, 6.45) is 3.77. The fourth-order valence-corrected chi connectivity index (χ4v) is 4.99. The van der Waals surface area contributed by atoms with Crippen LogP contribution in [0.4, 0.5) is 5.82 Å². The van der Waals surface area contributed by atoms with Gasteiger partial charge in [0.05, 0.1) is 0 Å². The van der Waals surface area contributed by atoms with E-state index >= 15 is 0 Å². The molecule has 2 unspecified atom stereocenters. The molecule has 102 valence electrons. The van der Waals surface area contributed by atoms with Gasteiger partial charge < -0.3 is 0 Å². The molecule has 0 aliphatic rings. The van der Waals surface area contributed by atoms with E-state index in [0.29, 0.717) is 10.5 Å². The van der Waals surface area contributed by atoms with E-state index in [-0.39, 0.29) is 21.3 Å². The Bertz CT molecular complexity index is 519. The van der Waals surface area contributed by atoms with Gasteiger partial charge in [-0.05, 0) is 0 Å². The van der Waals surface area contributed by atoms with Crippen molar-refractivity contribution in [2.75, 3.05) is 5.73 Å². The van der Waals surface area contributed by atoms with Gasteiger partial charge in [-0.15, -0.1) is 0 Å². The molecule has 0 spiro atoms. The maximum atomic E-state index is 5.70. The predicted molar refractivity (Wildman–Crippen MR) is 82.8 cm³/mol. The van der Waals surface area contributed by atoms with Gasteiger partial charge in [0.2, 0.25) is 0 Å². The van der Waals surface area contributed by atoms with Gasteiger partial charge in [-0.2, -0.15) is 0 Å². The molecule has 2 aromatic rings. The zero-order valence-corrected chi connectivity index (χ0v) is 13.9. The average molecular weight is 319 g/mol. The second kappa shape index (κ2) is 5.83. The summed E-state index contributed by atoms with van der Waals surface area (Å²) < 4.78 is 2.84. The van der Waals surface area contributed by atoms with Gasteiger partial charge in [0, 0.05) is 0 Å². The first-order chi connectivity index (χ1) is 8.99. The number of imidazole rings is 1. The van der Waals surface area contributed by atoms with Gasteiger partial charge in [0.25, 0.3) is 0 Å². The van der Waals surface area contributed by atoms with Crippen LogP contribution in [0.1, 0.15) is 31.0 Å². The number of benzene rings is 1. The van der Waals surface area contributed by atoms with Crippen LogP contribution >= 0.6 is 0 Å². The van der Waals surface area contributed by atoms with Gasteiger partial charge in [-0.25, -0.2) is 0 Å². The van der Waals surface area contributed by atoms with Crippen LogP contribution in [-0.4, -0.2) is 25.3 Å². The number of anilines is 1. The SMILES string of the molecule is CC([AsH]CC(C)(C)n1cnc(N)c1)c1ccccc1. The van der Waals surface area contributed by atoms with E-state index in [9.17, 15) is 0 Å². The van der Waals surface area contributed by atoms with Crippen molar-refractivity contribution >= 4 is 21.6 Å². The predicted octanol–water partition coefficient (Wildman–Crippen LogP) is 2.82. The number of nitrogens with two attached hydrogens (primary N) is 1. The monoisotopic (exact) mass is 319 g/mol. The molecule has 3 nitrogen and oxygen atoms in total. The number of nitrogen functional groups attached to an aromatic ring is 1. The number of aromatic nitrogens is 2. The molecule has 19 heavy (non-hydrogen) atoms. The molecule has 1 aromatic carbocycles. The second-order valence-corrected chi connectivity index (χ2v) is 8.95. The Hall–Kier alpha value is -1.21. The van der Waals surface area contributed by atoms with Crippen LogP contribution in [0, 0.1) is 0 Å². The second-order valence-electron chi connectivity index (χ2n) is 5.53. The topological polar surface area (TPSA) is 43.8 Å². The molecule has 0 radical (unpaired) electrons. The van der Waals surface area contributed by atoms with Crippen molar-refractivity contribution in [2.45, 2.75) is 36.2 Å². The molecule has 0 saturated carbocycles. The Kier molecular flexibility index (Phi) is 4.36. The third kappa shape index (κ3) is 3.63. The summed E-state index contributed by atoms with van der Waals surface area (Å²) >= 11 is -0.0569. The molecule has 0 saturated heterocycles. The molecule has 2 atom stereocenters. The molecular formula is C15H22AsN3.